The molecule has 0 fully saturated rings. The Balaban J connectivity index is 2.34. The van der Waals surface area contributed by atoms with Gasteiger partial charge in [-0.25, -0.2) is 0 Å². The van der Waals surface area contributed by atoms with E-state index >= 15 is 0 Å². The molecule has 0 aromatic heterocycles. The maximum absolute atomic E-state index is 9.44. The van der Waals surface area contributed by atoms with Crippen LogP contribution in [0.15, 0.2) is 30.3 Å². The summed E-state index contributed by atoms with van der Waals surface area (Å²) in [7, 11) is 0. The number of rotatable bonds is 5. The first-order chi connectivity index (χ1) is 6.74. The van der Waals surface area contributed by atoms with Crippen LogP contribution in [0.4, 0.5) is 0 Å². The number of aliphatic hydroxyl groups excluding tert-OH is 2. The fraction of sp³-hybridized carbons (Fsp3) is 0.455. The molecule has 0 saturated carbocycles. The number of aliphatic hydroxyl groups is 2. The molecule has 0 aliphatic heterocycles. The van der Waals surface area contributed by atoms with Gasteiger partial charge in [-0.1, -0.05) is 30.3 Å². The van der Waals surface area contributed by atoms with E-state index in [1.165, 1.54) is 0 Å². The number of halogens is 1. The Hall–Kier alpha value is -0.570. The molecule has 1 aromatic rings. The van der Waals surface area contributed by atoms with Crippen LogP contribution in [-0.4, -0.2) is 28.3 Å². The van der Waals surface area contributed by atoms with Crippen molar-refractivity contribution in [1.82, 2.24) is 0 Å². The number of aryl methyl sites for hydroxylation is 1. The summed E-state index contributed by atoms with van der Waals surface area (Å²) in [5.74, 6) is 0.0793. The molecule has 2 unspecified atom stereocenters. The van der Waals surface area contributed by atoms with Crippen LogP contribution in [0, 0.1) is 0 Å². The molecule has 2 atom stereocenters. The Morgan fingerprint density at radius 1 is 1.07 bits per heavy atom. The molecule has 0 spiro atoms. The lowest BCUT2D eigenvalue weighted by Crippen LogP contribution is -2.27. The second kappa shape index (κ2) is 6.02. The summed E-state index contributed by atoms with van der Waals surface area (Å²) in [6, 6.07) is 9.87. The van der Waals surface area contributed by atoms with Crippen LogP contribution in [0.5, 0.6) is 0 Å². The quantitative estimate of drug-likeness (QED) is 0.731. The predicted octanol–water partition coefficient (Wildman–Crippen LogP) is 1.58. The van der Waals surface area contributed by atoms with Gasteiger partial charge in [0.15, 0.2) is 0 Å². The van der Waals surface area contributed by atoms with E-state index in [1.807, 2.05) is 30.3 Å². The lowest BCUT2D eigenvalue weighted by atomic mass is 10.0. The third-order valence-corrected chi connectivity index (χ3v) is 2.49. The average Bonchev–Trinajstić information content (AvgIpc) is 2.26. The van der Waals surface area contributed by atoms with Crippen molar-refractivity contribution < 1.29 is 10.2 Å². The monoisotopic (exact) mass is 214 g/mol. The Bertz CT molecular complexity index is 251. The van der Waals surface area contributed by atoms with Gasteiger partial charge in [-0.3, -0.25) is 0 Å². The zero-order valence-electron chi connectivity index (χ0n) is 7.94. The van der Waals surface area contributed by atoms with E-state index in [1.54, 1.807) is 0 Å². The SMILES string of the molecule is OC(CCl)C(O)CCc1ccccc1. The summed E-state index contributed by atoms with van der Waals surface area (Å²) < 4.78 is 0. The third kappa shape index (κ3) is 3.66. The molecular weight excluding hydrogens is 200 g/mol. The molecule has 14 heavy (non-hydrogen) atoms. The molecule has 1 aromatic carbocycles. The first-order valence-corrected chi connectivity index (χ1v) is 5.23. The van der Waals surface area contributed by atoms with Gasteiger partial charge in [0.05, 0.1) is 18.1 Å². The van der Waals surface area contributed by atoms with E-state index in [0.29, 0.717) is 6.42 Å². The number of benzene rings is 1. The standard InChI is InChI=1S/C11H15ClO2/c12-8-11(14)10(13)7-6-9-4-2-1-3-5-9/h1-5,10-11,13-14H,6-8H2. The van der Waals surface area contributed by atoms with Crippen molar-refractivity contribution in [3.63, 3.8) is 0 Å². The van der Waals surface area contributed by atoms with Crippen molar-refractivity contribution in [2.45, 2.75) is 25.0 Å². The van der Waals surface area contributed by atoms with Gasteiger partial charge in [0, 0.05) is 0 Å². The van der Waals surface area contributed by atoms with Crippen molar-refractivity contribution in [3.05, 3.63) is 35.9 Å². The number of hydrogen-bond acceptors (Lipinski definition) is 2. The largest absolute Gasteiger partial charge is 0.390 e. The summed E-state index contributed by atoms with van der Waals surface area (Å²) >= 11 is 5.42. The van der Waals surface area contributed by atoms with E-state index in [0.717, 1.165) is 12.0 Å². The third-order valence-electron chi connectivity index (χ3n) is 2.17. The van der Waals surface area contributed by atoms with Gasteiger partial charge >= 0.3 is 0 Å². The normalized spacial score (nSPS) is 15.1. The lowest BCUT2D eigenvalue weighted by molar-refractivity contribution is 0.0286. The fourth-order valence-corrected chi connectivity index (χ4v) is 1.46. The van der Waals surface area contributed by atoms with Gasteiger partial charge in [0.25, 0.3) is 0 Å². The van der Waals surface area contributed by atoms with Crippen LogP contribution in [0.25, 0.3) is 0 Å². The van der Waals surface area contributed by atoms with Gasteiger partial charge in [-0.2, -0.15) is 0 Å². The molecule has 3 heteroatoms. The van der Waals surface area contributed by atoms with E-state index in [4.69, 9.17) is 11.6 Å². The van der Waals surface area contributed by atoms with E-state index < -0.39 is 12.2 Å². The Morgan fingerprint density at radius 3 is 2.29 bits per heavy atom. The number of hydrogen-bond donors (Lipinski definition) is 2. The molecule has 2 N–H and O–H groups in total. The van der Waals surface area contributed by atoms with Crippen molar-refractivity contribution in [2.75, 3.05) is 5.88 Å². The second-order valence-corrected chi connectivity index (χ2v) is 3.62. The molecule has 0 aliphatic carbocycles. The molecule has 0 radical (unpaired) electrons. The molecule has 0 bridgehead atoms. The van der Waals surface area contributed by atoms with Gasteiger partial charge in [0.1, 0.15) is 0 Å². The summed E-state index contributed by atoms with van der Waals surface area (Å²) in [4.78, 5) is 0. The minimum absolute atomic E-state index is 0.0793. The Morgan fingerprint density at radius 2 is 1.71 bits per heavy atom. The Kier molecular flexibility index (Phi) is 4.94. The van der Waals surface area contributed by atoms with Crippen LogP contribution in [0.1, 0.15) is 12.0 Å². The highest BCUT2D eigenvalue weighted by molar-refractivity contribution is 6.18. The molecule has 2 nitrogen and oxygen atoms in total. The van der Waals surface area contributed by atoms with E-state index in [9.17, 15) is 10.2 Å². The van der Waals surface area contributed by atoms with Gasteiger partial charge in [-0.05, 0) is 18.4 Å². The fourth-order valence-electron chi connectivity index (χ4n) is 1.25. The smallest absolute Gasteiger partial charge is 0.0934 e. The van der Waals surface area contributed by atoms with Crippen molar-refractivity contribution in [1.29, 1.82) is 0 Å². The average molecular weight is 215 g/mol. The number of alkyl halides is 1. The van der Waals surface area contributed by atoms with Gasteiger partial charge < -0.3 is 10.2 Å². The van der Waals surface area contributed by atoms with Crippen LogP contribution in [-0.2, 0) is 6.42 Å². The molecule has 0 heterocycles. The van der Waals surface area contributed by atoms with Crippen LogP contribution in [0.3, 0.4) is 0 Å². The zero-order valence-corrected chi connectivity index (χ0v) is 8.69. The second-order valence-electron chi connectivity index (χ2n) is 3.31. The zero-order chi connectivity index (χ0) is 10.4. The van der Waals surface area contributed by atoms with E-state index in [-0.39, 0.29) is 5.88 Å². The van der Waals surface area contributed by atoms with Crippen LogP contribution in [0.2, 0.25) is 0 Å². The Labute approximate surface area is 89.1 Å². The molecule has 0 aliphatic rings. The minimum atomic E-state index is -0.819. The van der Waals surface area contributed by atoms with Crippen molar-refractivity contribution >= 4 is 11.6 Å². The summed E-state index contributed by atoms with van der Waals surface area (Å²) in [6.45, 7) is 0. The minimum Gasteiger partial charge on any atom is -0.390 e. The first-order valence-electron chi connectivity index (χ1n) is 4.70. The van der Waals surface area contributed by atoms with Gasteiger partial charge in [-0.15, -0.1) is 11.6 Å². The molecule has 1 rings (SSSR count). The maximum Gasteiger partial charge on any atom is 0.0934 e. The van der Waals surface area contributed by atoms with Crippen LogP contribution >= 0.6 is 11.6 Å². The highest BCUT2D eigenvalue weighted by Gasteiger charge is 2.14. The van der Waals surface area contributed by atoms with Crippen molar-refractivity contribution in [2.24, 2.45) is 0 Å². The predicted molar refractivity (Wildman–Crippen MR) is 57.5 cm³/mol. The summed E-state index contributed by atoms with van der Waals surface area (Å²) in [5.41, 5.74) is 1.16. The first kappa shape index (κ1) is 11.5. The lowest BCUT2D eigenvalue weighted by Gasteiger charge is -2.14. The molecule has 0 amide bonds. The summed E-state index contributed by atoms with van der Waals surface area (Å²) in [6.07, 6.45) is -0.249. The molecular formula is C11H15ClO2. The van der Waals surface area contributed by atoms with Crippen LogP contribution < -0.4 is 0 Å². The highest BCUT2D eigenvalue weighted by Crippen LogP contribution is 2.08. The maximum atomic E-state index is 9.44. The molecule has 78 valence electrons. The summed E-state index contributed by atoms with van der Waals surface area (Å²) in [5, 5.41) is 18.7. The van der Waals surface area contributed by atoms with E-state index in [2.05, 4.69) is 0 Å². The van der Waals surface area contributed by atoms with Crippen molar-refractivity contribution in [3.8, 4) is 0 Å². The van der Waals surface area contributed by atoms with Gasteiger partial charge in [0.2, 0.25) is 0 Å². The molecule has 0 saturated heterocycles. The highest BCUT2D eigenvalue weighted by atomic mass is 35.5. The topological polar surface area (TPSA) is 40.5 Å².